The Hall–Kier alpha value is -1.73. The summed E-state index contributed by atoms with van der Waals surface area (Å²) in [5.41, 5.74) is 0.746. The molecule has 0 bridgehead atoms. The van der Waals surface area contributed by atoms with Gasteiger partial charge >= 0.3 is 0 Å². The number of carbonyl (C=O) groups excluding carboxylic acids is 1. The SMILES string of the molecule is O=C(Cl)c1cccc(SCF)c1COc1ccn(O)n1. The van der Waals surface area contributed by atoms with Crippen molar-refractivity contribution >= 4 is 28.6 Å². The molecule has 5 nitrogen and oxygen atoms in total. The lowest BCUT2D eigenvalue weighted by Gasteiger charge is -2.11. The molecule has 1 N–H and O–H groups in total. The third kappa shape index (κ3) is 3.43. The van der Waals surface area contributed by atoms with E-state index in [-0.39, 0.29) is 18.1 Å². The molecule has 1 heterocycles. The summed E-state index contributed by atoms with van der Waals surface area (Å²) in [5, 5.41) is 12.0. The minimum absolute atomic E-state index is 0.00597. The zero-order valence-electron chi connectivity index (χ0n) is 10.1. The Morgan fingerprint density at radius 3 is 2.90 bits per heavy atom. The van der Waals surface area contributed by atoms with Gasteiger partial charge in [0.05, 0.1) is 6.20 Å². The fourth-order valence-corrected chi connectivity index (χ4v) is 2.43. The van der Waals surface area contributed by atoms with Gasteiger partial charge in [-0.3, -0.25) is 4.79 Å². The molecule has 0 aliphatic heterocycles. The van der Waals surface area contributed by atoms with Crippen molar-refractivity contribution in [3.63, 3.8) is 0 Å². The van der Waals surface area contributed by atoms with E-state index in [4.69, 9.17) is 21.5 Å². The van der Waals surface area contributed by atoms with Crippen molar-refractivity contribution in [1.29, 1.82) is 0 Å². The van der Waals surface area contributed by atoms with Crippen LogP contribution in [0.25, 0.3) is 0 Å². The summed E-state index contributed by atoms with van der Waals surface area (Å²) in [6.07, 6.45) is 1.30. The largest absolute Gasteiger partial charge is 0.472 e. The topological polar surface area (TPSA) is 64.3 Å². The molecule has 0 spiro atoms. The van der Waals surface area contributed by atoms with Gasteiger partial charge in [-0.15, -0.1) is 4.85 Å². The van der Waals surface area contributed by atoms with Crippen LogP contribution in [-0.2, 0) is 6.61 Å². The first-order chi connectivity index (χ1) is 9.61. The molecular weight excluding hydrogens is 307 g/mol. The maximum Gasteiger partial charge on any atom is 0.252 e. The quantitative estimate of drug-likeness (QED) is 0.504. The minimum Gasteiger partial charge on any atom is -0.472 e. The molecule has 1 aromatic heterocycles. The average Bonchev–Trinajstić information content (AvgIpc) is 2.83. The average molecular weight is 317 g/mol. The standard InChI is InChI=1S/C12H10ClFN2O3S/c13-12(17)8-2-1-3-10(20-7-14)9(8)6-19-11-4-5-16(18)15-11/h1-5,18H,6-7H2. The van der Waals surface area contributed by atoms with E-state index in [1.54, 1.807) is 18.2 Å². The lowest BCUT2D eigenvalue weighted by molar-refractivity contribution is 0.107. The molecule has 1 aromatic carbocycles. The van der Waals surface area contributed by atoms with Crippen LogP contribution in [-0.4, -0.2) is 26.4 Å². The predicted molar refractivity (Wildman–Crippen MR) is 72.2 cm³/mol. The predicted octanol–water partition coefficient (Wildman–Crippen LogP) is 3.10. The highest BCUT2D eigenvalue weighted by molar-refractivity contribution is 7.99. The van der Waals surface area contributed by atoms with Crippen molar-refractivity contribution in [3.8, 4) is 5.88 Å². The second-order valence-corrected chi connectivity index (χ2v) is 4.96. The molecule has 0 saturated heterocycles. The van der Waals surface area contributed by atoms with Gasteiger partial charge < -0.3 is 9.94 Å². The van der Waals surface area contributed by atoms with Crippen LogP contribution in [0.4, 0.5) is 4.39 Å². The highest BCUT2D eigenvalue weighted by Gasteiger charge is 2.15. The van der Waals surface area contributed by atoms with Gasteiger partial charge in [0, 0.05) is 22.1 Å². The molecule has 0 aliphatic rings. The number of benzene rings is 1. The van der Waals surface area contributed by atoms with E-state index in [1.165, 1.54) is 12.3 Å². The molecule has 0 atom stereocenters. The number of hydrogen-bond donors (Lipinski definition) is 1. The maximum absolute atomic E-state index is 12.5. The van der Waals surface area contributed by atoms with E-state index in [9.17, 15) is 9.18 Å². The molecule has 2 rings (SSSR count). The van der Waals surface area contributed by atoms with Gasteiger partial charge in [0.15, 0.2) is 0 Å². The van der Waals surface area contributed by atoms with E-state index >= 15 is 0 Å². The zero-order chi connectivity index (χ0) is 14.5. The van der Waals surface area contributed by atoms with Gasteiger partial charge in [-0.2, -0.15) is 0 Å². The number of nitrogens with zero attached hydrogens (tertiary/aromatic N) is 2. The summed E-state index contributed by atoms with van der Waals surface area (Å²) in [7, 11) is 0. The van der Waals surface area contributed by atoms with Crippen LogP contribution in [0.5, 0.6) is 5.88 Å². The molecule has 0 fully saturated rings. The molecule has 8 heteroatoms. The van der Waals surface area contributed by atoms with E-state index in [0.717, 1.165) is 11.8 Å². The lowest BCUT2D eigenvalue weighted by Crippen LogP contribution is -2.05. The molecule has 2 aromatic rings. The monoisotopic (exact) mass is 316 g/mol. The van der Waals surface area contributed by atoms with Gasteiger partial charge in [0.2, 0.25) is 5.88 Å². The van der Waals surface area contributed by atoms with Crippen molar-refractivity contribution in [2.75, 3.05) is 6.01 Å². The van der Waals surface area contributed by atoms with Gasteiger partial charge in [-0.05, 0) is 23.7 Å². The van der Waals surface area contributed by atoms with Crippen LogP contribution in [0, 0.1) is 0 Å². The highest BCUT2D eigenvalue weighted by Crippen LogP contribution is 2.27. The molecule has 0 saturated carbocycles. The van der Waals surface area contributed by atoms with E-state index < -0.39 is 11.2 Å². The first-order valence-electron chi connectivity index (χ1n) is 5.50. The Bertz CT molecular complexity index is 620. The first-order valence-corrected chi connectivity index (χ1v) is 6.86. The fraction of sp³-hybridized carbons (Fsp3) is 0.167. The van der Waals surface area contributed by atoms with Gasteiger partial charge in [-0.1, -0.05) is 22.9 Å². The summed E-state index contributed by atoms with van der Waals surface area (Å²) in [6.45, 7) is -0.00597. The number of halogens is 2. The second-order valence-electron chi connectivity index (χ2n) is 3.67. The Morgan fingerprint density at radius 1 is 1.50 bits per heavy atom. The van der Waals surface area contributed by atoms with Crippen molar-refractivity contribution in [2.45, 2.75) is 11.5 Å². The minimum atomic E-state index is -0.641. The number of ether oxygens (including phenoxy) is 1. The van der Waals surface area contributed by atoms with Crippen molar-refractivity contribution in [2.24, 2.45) is 0 Å². The number of thioether (sulfide) groups is 1. The van der Waals surface area contributed by atoms with Crippen LogP contribution in [0.15, 0.2) is 35.4 Å². The Labute approximate surface area is 123 Å². The Morgan fingerprint density at radius 2 is 2.30 bits per heavy atom. The van der Waals surface area contributed by atoms with Crippen LogP contribution in [0.2, 0.25) is 0 Å². The molecule has 0 amide bonds. The second kappa shape index (κ2) is 6.62. The molecule has 0 radical (unpaired) electrons. The molecular formula is C12H10ClFN2O3S. The van der Waals surface area contributed by atoms with E-state index in [1.807, 2.05) is 0 Å². The number of rotatable bonds is 6. The van der Waals surface area contributed by atoms with Crippen LogP contribution >= 0.6 is 23.4 Å². The first kappa shape index (κ1) is 14.7. The normalized spacial score (nSPS) is 10.5. The molecule has 20 heavy (non-hydrogen) atoms. The van der Waals surface area contributed by atoms with Crippen LogP contribution in [0.1, 0.15) is 15.9 Å². The van der Waals surface area contributed by atoms with Crippen LogP contribution < -0.4 is 4.74 Å². The van der Waals surface area contributed by atoms with Crippen molar-refractivity contribution < 1.29 is 19.1 Å². The maximum atomic E-state index is 12.5. The number of alkyl halides is 1. The van der Waals surface area contributed by atoms with Crippen LogP contribution in [0.3, 0.4) is 0 Å². The Kier molecular flexibility index (Phi) is 4.86. The molecule has 106 valence electrons. The highest BCUT2D eigenvalue weighted by atomic mass is 35.5. The molecule has 0 unspecified atom stereocenters. The number of aromatic nitrogens is 2. The number of carbonyl (C=O) groups is 1. The summed E-state index contributed by atoms with van der Waals surface area (Å²) >= 11 is 6.45. The zero-order valence-corrected chi connectivity index (χ0v) is 11.7. The summed E-state index contributed by atoms with van der Waals surface area (Å²) in [6, 6.07) is 5.67. The van der Waals surface area contributed by atoms with Gasteiger partial charge in [0.1, 0.15) is 12.6 Å². The van der Waals surface area contributed by atoms with E-state index in [0.29, 0.717) is 15.3 Å². The summed E-state index contributed by atoms with van der Waals surface area (Å²) < 4.78 is 17.9. The van der Waals surface area contributed by atoms with Gasteiger partial charge in [-0.25, -0.2) is 4.39 Å². The number of hydrogen-bond acceptors (Lipinski definition) is 5. The van der Waals surface area contributed by atoms with Crippen molar-refractivity contribution in [1.82, 2.24) is 9.94 Å². The van der Waals surface area contributed by atoms with Gasteiger partial charge in [0.25, 0.3) is 5.24 Å². The summed E-state index contributed by atoms with van der Waals surface area (Å²) in [4.78, 5) is 12.6. The smallest absolute Gasteiger partial charge is 0.252 e. The molecule has 0 aliphatic carbocycles. The third-order valence-corrected chi connectivity index (χ3v) is 3.48. The third-order valence-electron chi connectivity index (χ3n) is 2.47. The van der Waals surface area contributed by atoms with Crippen molar-refractivity contribution in [3.05, 3.63) is 41.6 Å². The lowest BCUT2D eigenvalue weighted by atomic mass is 10.1. The Balaban J connectivity index is 2.25. The fourth-order valence-electron chi connectivity index (χ4n) is 1.61. The van der Waals surface area contributed by atoms with E-state index in [2.05, 4.69) is 5.10 Å². The summed E-state index contributed by atoms with van der Waals surface area (Å²) in [5.74, 6) is 0.181.